The second-order valence-electron chi connectivity index (χ2n) is 7.65. The summed E-state index contributed by atoms with van der Waals surface area (Å²) < 4.78 is 5.37. The van der Waals surface area contributed by atoms with Crippen LogP contribution in [-0.4, -0.2) is 44.7 Å². The Morgan fingerprint density at radius 1 is 1.32 bits per heavy atom. The number of esters is 1. The number of aliphatic hydroxyl groups excluding tert-OH is 4. The lowest BCUT2D eigenvalue weighted by Crippen LogP contribution is -2.57. The lowest BCUT2D eigenvalue weighted by Gasteiger charge is -2.44. The molecule has 3 unspecified atom stereocenters. The second-order valence-corrected chi connectivity index (χ2v) is 7.65. The molecule has 2 aliphatic carbocycles. The maximum Gasteiger partial charge on any atom is 0.378 e. The van der Waals surface area contributed by atoms with Crippen LogP contribution >= 0.6 is 0 Å². The van der Waals surface area contributed by atoms with Crippen LogP contribution in [0.4, 0.5) is 0 Å². The average molecular weight is 312 g/mol. The summed E-state index contributed by atoms with van der Waals surface area (Å²) in [5.41, 5.74) is -2.71. The van der Waals surface area contributed by atoms with Crippen LogP contribution in [0.3, 0.4) is 0 Å². The number of hydrogen-bond acceptors (Lipinski definition) is 6. The van der Waals surface area contributed by atoms with Gasteiger partial charge in [-0.2, -0.15) is 0 Å². The van der Waals surface area contributed by atoms with Crippen molar-refractivity contribution < 1.29 is 30.0 Å². The quantitative estimate of drug-likeness (QED) is 0.587. The fourth-order valence-corrected chi connectivity index (χ4v) is 5.44. The smallest absolute Gasteiger partial charge is 0.378 e. The Bertz CT molecular complexity index is 553. The molecular weight excluding hydrogens is 288 g/mol. The van der Waals surface area contributed by atoms with Gasteiger partial charge in [-0.25, -0.2) is 4.79 Å². The summed E-state index contributed by atoms with van der Waals surface area (Å²) in [6.07, 6.45) is 1.12. The maximum absolute atomic E-state index is 11.8. The molecule has 3 aliphatic rings. The molecule has 0 aromatic heterocycles. The highest BCUT2D eigenvalue weighted by molar-refractivity contribution is 5.90. The van der Waals surface area contributed by atoms with Gasteiger partial charge in [-0.05, 0) is 30.1 Å². The molecule has 124 valence electrons. The van der Waals surface area contributed by atoms with Gasteiger partial charge in [-0.15, -0.1) is 0 Å². The first-order valence-corrected chi connectivity index (χ1v) is 7.81. The Morgan fingerprint density at radius 2 is 1.95 bits per heavy atom. The van der Waals surface area contributed by atoms with E-state index in [9.17, 15) is 25.2 Å². The van der Waals surface area contributed by atoms with Gasteiger partial charge in [0.2, 0.25) is 11.4 Å². The number of hydrogen-bond donors (Lipinski definition) is 4. The summed E-state index contributed by atoms with van der Waals surface area (Å²) in [4.78, 5) is 11.8. The third kappa shape index (κ3) is 1.45. The third-order valence-electron chi connectivity index (χ3n) is 6.48. The molecule has 0 spiro atoms. The Hall–Kier alpha value is -1.27. The zero-order valence-electron chi connectivity index (χ0n) is 13.2. The first-order chi connectivity index (χ1) is 10.2. The van der Waals surface area contributed by atoms with Gasteiger partial charge in [-0.3, -0.25) is 0 Å². The molecule has 1 aliphatic heterocycles. The van der Waals surface area contributed by atoms with Crippen LogP contribution < -0.4 is 0 Å². The minimum Gasteiger partial charge on any atom is -0.505 e. The minimum atomic E-state index is -1.76. The van der Waals surface area contributed by atoms with Crippen LogP contribution in [0.25, 0.3) is 0 Å². The van der Waals surface area contributed by atoms with E-state index in [2.05, 4.69) is 6.92 Å². The highest BCUT2D eigenvalue weighted by Crippen LogP contribution is 2.81. The van der Waals surface area contributed by atoms with E-state index in [0.717, 1.165) is 12.8 Å². The summed E-state index contributed by atoms with van der Waals surface area (Å²) >= 11 is 0. The van der Waals surface area contributed by atoms with Gasteiger partial charge in [0, 0.05) is 5.41 Å². The largest absolute Gasteiger partial charge is 0.505 e. The van der Waals surface area contributed by atoms with E-state index in [1.54, 1.807) is 0 Å². The maximum atomic E-state index is 11.8. The number of aliphatic hydroxyl groups is 4. The van der Waals surface area contributed by atoms with E-state index in [1.165, 1.54) is 0 Å². The monoisotopic (exact) mass is 312 g/mol. The van der Waals surface area contributed by atoms with Crippen molar-refractivity contribution in [2.24, 2.45) is 22.7 Å². The van der Waals surface area contributed by atoms with Crippen molar-refractivity contribution in [3.05, 3.63) is 11.5 Å². The lowest BCUT2D eigenvalue weighted by atomic mass is 9.66. The number of fused-ring (bicyclic) bond motifs is 1. The fourth-order valence-electron chi connectivity index (χ4n) is 5.44. The van der Waals surface area contributed by atoms with Crippen molar-refractivity contribution in [3.63, 3.8) is 0 Å². The van der Waals surface area contributed by atoms with Crippen molar-refractivity contribution in [1.82, 2.24) is 0 Å². The van der Waals surface area contributed by atoms with Gasteiger partial charge in [-0.1, -0.05) is 27.2 Å². The van der Waals surface area contributed by atoms with Gasteiger partial charge in [0.1, 0.15) is 6.10 Å². The Labute approximate surface area is 129 Å². The summed E-state index contributed by atoms with van der Waals surface area (Å²) in [6.45, 7) is 5.47. The van der Waals surface area contributed by atoms with Gasteiger partial charge < -0.3 is 25.2 Å². The summed E-state index contributed by atoms with van der Waals surface area (Å²) in [5, 5.41) is 40.2. The Balaban J connectivity index is 2.19. The highest BCUT2D eigenvalue weighted by Gasteiger charge is 2.85. The van der Waals surface area contributed by atoms with Crippen molar-refractivity contribution in [2.45, 2.75) is 51.7 Å². The van der Waals surface area contributed by atoms with Gasteiger partial charge in [0.15, 0.2) is 5.76 Å². The predicted octanol–water partition coefficient (Wildman–Crippen LogP) is 1.43. The van der Waals surface area contributed by atoms with Crippen LogP contribution in [0.2, 0.25) is 0 Å². The number of cyclic esters (lactones) is 1. The SMILES string of the molecule is CC1CCC2C(C)(C)C2([C@]2([C@@H](O)CO)OC(=O)C(O)=C2O)C1. The van der Waals surface area contributed by atoms with Gasteiger partial charge >= 0.3 is 5.97 Å². The Kier molecular flexibility index (Phi) is 3.11. The molecule has 6 heteroatoms. The van der Waals surface area contributed by atoms with Crippen LogP contribution in [0.1, 0.15) is 40.0 Å². The van der Waals surface area contributed by atoms with E-state index in [4.69, 9.17) is 4.74 Å². The molecular formula is C16H24O6. The molecule has 3 rings (SSSR count). The summed E-state index contributed by atoms with van der Waals surface area (Å²) in [7, 11) is 0. The molecule has 4 N–H and O–H groups in total. The van der Waals surface area contributed by atoms with E-state index < -0.39 is 41.2 Å². The summed E-state index contributed by atoms with van der Waals surface area (Å²) in [6, 6.07) is 0. The standard InChI is InChI=1S/C16H24O6/c1-8-4-5-9-14(2,3)15(9,6-8)16(10(18)7-17)12(20)11(19)13(21)22-16/h8-10,17-20H,4-7H2,1-3H3/t8?,9?,10-,15?,16+/m0/s1. The molecule has 0 aromatic carbocycles. The molecule has 0 radical (unpaired) electrons. The van der Waals surface area contributed by atoms with Crippen molar-refractivity contribution in [3.8, 4) is 0 Å². The zero-order valence-corrected chi connectivity index (χ0v) is 13.2. The molecule has 6 nitrogen and oxygen atoms in total. The molecule has 0 bridgehead atoms. The number of ether oxygens (including phenoxy) is 1. The normalized spacial score (nSPS) is 44.5. The van der Waals surface area contributed by atoms with Crippen molar-refractivity contribution in [1.29, 1.82) is 0 Å². The van der Waals surface area contributed by atoms with Crippen molar-refractivity contribution >= 4 is 5.97 Å². The fraction of sp³-hybridized carbons (Fsp3) is 0.812. The topological polar surface area (TPSA) is 107 Å². The molecule has 22 heavy (non-hydrogen) atoms. The number of rotatable bonds is 3. The van der Waals surface area contributed by atoms with Crippen LogP contribution in [-0.2, 0) is 9.53 Å². The van der Waals surface area contributed by atoms with Crippen LogP contribution in [0.5, 0.6) is 0 Å². The van der Waals surface area contributed by atoms with Gasteiger partial charge in [0.25, 0.3) is 0 Å². The first-order valence-electron chi connectivity index (χ1n) is 7.81. The lowest BCUT2D eigenvalue weighted by molar-refractivity contribution is -0.186. The highest BCUT2D eigenvalue weighted by atomic mass is 16.6. The molecule has 2 fully saturated rings. The molecule has 2 saturated carbocycles. The minimum absolute atomic E-state index is 0.151. The molecule has 1 heterocycles. The first kappa shape index (κ1) is 15.6. The summed E-state index contributed by atoms with van der Waals surface area (Å²) in [5.74, 6) is -2.04. The molecule has 5 atom stereocenters. The Morgan fingerprint density at radius 3 is 2.45 bits per heavy atom. The zero-order chi connectivity index (χ0) is 16.5. The van der Waals surface area contributed by atoms with E-state index in [-0.39, 0.29) is 11.3 Å². The van der Waals surface area contributed by atoms with E-state index in [1.807, 2.05) is 13.8 Å². The predicted molar refractivity (Wildman–Crippen MR) is 76.9 cm³/mol. The van der Waals surface area contributed by atoms with Crippen LogP contribution in [0, 0.1) is 22.7 Å². The van der Waals surface area contributed by atoms with Crippen molar-refractivity contribution in [2.75, 3.05) is 6.61 Å². The molecule has 0 aromatic rings. The average Bonchev–Trinajstić information content (AvgIpc) is 2.87. The molecule has 0 amide bonds. The van der Waals surface area contributed by atoms with E-state index in [0.29, 0.717) is 12.3 Å². The second kappa shape index (κ2) is 4.38. The molecule has 0 saturated heterocycles. The van der Waals surface area contributed by atoms with E-state index >= 15 is 0 Å². The van der Waals surface area contributed by atoms with Crippen LogP contribution in [0.15, 0.2) is 11.5 Å². The third-order valence-corrected chi connectivity index (χ3v) is 6.48. The number of carbonyl (C=O) groups is 1. The van der Waals surface area contributed by atoms with Gasteiger partial charge in [0.05, 0.1) is 6.61 Å². The number of carbonyl (C=O) groups excluding carboxylic acids is 1.